The summed E-state index contributed by atoms with van der Waals surface area (Å²) in [4.78, 5) is 12.8. The average molecular weight is 384 g/mol. The average Bonchev–Trinajstić information content (AvgIpc) is 2.65. The van der Waals surface area contributed by atoms with Gasteiger partial charge in [0.15, 0.2) is 0 Å². The van der Waals surface area contributed by atoms with Gasteiger partial charge in [-0.1, -0.05) is 60.7 Å². The van der Waals surface area contributed by atoms with Crippen molar-refractivity contribution in [1.29, 1.82) is 0 Å². The minimum Gasteiger partial charge on any atom is -0.460 e. The number of ether oxygens (including phenoxy) is 1. The van der Waals surface area contributed by atoms with Crippen molar-refractivity contribution in [2.75, 3.05) is 6.54 Å². The molecule has 0 saturated carbocycles. The molecule has 0 fully saturated rings. The van der Waals surface area contributed by atoms with E-state index in [1.807, 2.05) is 69.3 Å². The number of hydrogen-bond donors (Lipinski definition) is 2. The van der Waals surface area contributed by atoms with Crippen LogP contribution in [0.25, 0.3) is 0 Å². The standard InChI is InChI=1S/C24H33NO3/c1-24(2,3)28-23(27)21(15-19-12-8-5-9-13-19)22(26)16-20(17-25)14-18-10-6-4-7-11-18/h4-13,20-22,26H,14-17,25H2,1-3H3/t20-,21+,22+/m1/s1. The lowest BCUT2D eigenvalue weighted by molar-refractivity contribution is -0.164. The molecule has 4 heteroatoms. The second kappa shape index (κ2) is 10.4. The minimum absolute atomic E-state index is 0.0955. The van der Waals surface area contributed by atoms with E-state index in [4.69, 9.17) is 10.5 Å². The quantitative estimate of drug-likeness (QED) is 0.647. The summed E-state index contributed by atoms with van der Waals surface area (Å²) in [6.45, 7) is 5.98. The van der Waals surface area contributed by atoms with Crippen molar-refractivity contribution in [3.8, 4) is 0 Å². The zero-order chi connectivity index (χ0) is 20.6. The normalized spacial score (nSPS) is 14.9. The van der Waals surface area contributed by atoms with Crippen molar-refractivity contribution in [1.82, 2.24) is 0 Å². The SMILES string of the molecule is CC(C)(C)OC(=O)[C@@H](Cc1ccccc1)[C@@H](O)C[C@H](CN)Cc1ccccc1. The summed E-state index contributed by atoms with van der Waals surface area (Å²) in [6.07, 6.45) is 0.870. The predicted octanol–water partition coefficient (Wildman–Crippen LogP) is 3.76. The molecule has 0 spiro atoms. The fourth-order valence-corrected chi connectivity index (χ4v) is 3.34. The van der Waals surface area contributed by atoms with Gasteiger partial charge in [0.05, 0.1) is 12.0 Å². The lowest BCUT2D eigenvalue weighted by Crippen LogP contribution is -2.38. The number of aliphatic hydroxyl groups excluding tert-OH is 1. The summed E-state index contributed by atoms with van der Waals surface area (Å²) >= 11 is 0. The largest absolute Gasteiger partial charge is 0.460 e. The van der Waals surface area contributed by atoms with Crippen LogP contribution < -0.4 is 5.73 Å². The molecular formula is C24H33NO3. The van der Waals surface area contributed by atoms with Gasteiger partial charge in [0.25, 0.3) is 0 Å². The van der Waals surface area contributed by atoms with E-state index < -0.39 is 17.6 Å². The first-order valence-corrected chi connectivity index (χ1v) is 9.97. The first kappa shape index (κ1) is 22.1. The number of aliphatic hydroxyl groups is 1. The molecule has 0 heterocycles. The molecule has 0 radical (unpaired) electrons. The number of hydrogen-bond acceptors (Lipinski definition) is 4. The summed E-state index contributed by atoms with van der Waals surface area (Å²) in [6, 6.07) is 19.8. The van der Waals surface area contributed by atoms with Gasteiger partial charge in [0.1, 0.15) is 5.60 Å². The lowest BCUT2D eigenvalue weighted by atomic mass is 9.85. The Hall–Kier alpha value is -2.17. The van der Waals surface area contributed by atoms with Crippen LogP contribution in [0, 0.1) is 11.8 Å². The van der Waals surface area contributed by atoms with Crippen LogP contribution in [0.5, 0.6) is 0 Å². The third kappa shape index (κ3) is 7.45. The Kier molecular flexibility index (Phi) is 8.21. The van der Waals surface area contributed by atoms with E-state index in [1.54, 1.807) is 0 Å². The molecule has 0 unspecified atom stereocenters. The Bertz CT molecular complexity index is 710. The molecular weight excluding hydrogens is 350 g/mol. The Balaban J connectivity index is 2.11. The topological polar surface area (TPSA) is 72.5 Å². The number of esters is 1. The Morgan fingerprint density at radius 3 is 1.93 bits per heavy atom. The first-order valence-electron chi connectivity index (χ1n) is 9.97. The molecule has 3 N–H and O–H groups in total. The molecule has 0 amide bonds. The van der Waals surface area contributed by atoms with Crippen LogP contribution in [0.15, 0.2) is 60.7 Å². The van der Waals surface area contributed by atoms with Crippen molar-refractivity contribution in [2.45, 2.75) is 51.7 Å². The van der Waals surface area contributed by atoms with Crippen molar-refractivity contribution >= 4 is 5.97 Å². The number of benzene rings is 2. The van der Waals surface area contributed by atoms with Crippen LogP contribution in [0.3, 0.4) is 0 Å². The van der Waals surface area contributed by atoms with Gasteiger partial charge < -0.3 is 15.6 Å². The fourth-order valence-electron chi connectivity index (χ4n) is 3.34. The highest BCUT2D eigenvalue weighted by Crippen LogP contribution is 2.24. The monoisotopic (exact) mass is 383 g/mol. The van der Waals surface area contributed by atoms with Gasteiger partial charge in [-0.2, -0.15) is 0 Å². The highest BCUT2D eigenvalue weighted by Gasteiger charge is 2.32. The predicted molar refractivity (Wildman–Crippen MR) is 113 cm³/mol. The second-order valence-corrected chi connectivity index (χ2v) is 8.42. The van der Waals surface area contributed by atoms with Crippen LogP contribution in [0.1, 0.15) is 38.3 Å². The summed E-state index contributed by atoms with van der Waals surface area (Å²) in [7, 11) is 0. The van der Waals surface area contributed by atoms with E-state index in [-0.39, 0.29) is 11.9 Å². The Morgan fingerprint density at radius 1 is 0.964 bits per heavy atom. The van der Waals surface area contributed by atoms with E-state index in [9.17, 15) is 9.90 Å². The second-order valence-electron chi connectivity index (χ2n) is 8.42. The van der Waals surface area contributed by atoms with E-state index in [0.29, 0.717) is 19.4 Å². The molecule has 0 aliphatic carbocycles. The highest BCUT2D eigenvalue weighted by molar-refractivity contribution is 5.74. The summed E-state index contributed by atoms with van der Waals surface area (Å²) in [5.41, 5.74) is 7.56. The molecule has 2 aromatic rings. The molecule has 3 atom stereocenters. The highest BCUT2D eigenvalue weighted by atomic mass is 16.6. The van der Waals surface area contributed by atoms with Gasteiger partial charge in [-0.15, -0.1) is 0 Å². The summed E-state index contributed by atoms with van der Waals surface area (Å²) < 4.78 is 5.60. The molecule has 0 aliphatic rings. The van der Waals surface area contributed by atoms with Crippen molar-refractivity contribution in [3.05, 3.63) is 71.8 Å². The van der Waals surface area contributed by atoms with E-state index in [2.05, 4.69) is 12.1 Å². The third-order valence-corrected chi connectivity index (χ3v) is 4.75. The number of nitrogens with two attached hydrogens (primary N) is 1. The molecule has 4 nitrogen and oxygen atoms in total. The molecule has 0 bridgehead atoms. The molecule has 2 aromatic carbocycles. The van der Waals surface area contributed by atoms with Crippen LogP contribution in [0.4, 0.5) is 0 Å². The molecule has 2 rings (SSSR count). The molecule has 0 aliphatic heterocycles. The zero-order valence-electron chi connectivity index (χ0n) is 17.2. The van der Waals surface area contributed by atoms with Crippen LogP contribution >= 0.6 is 0 Å². The van der Waals surface area contributed by atoms with Crippen molar-refractivity contribution in [3.63, 3.8) is 0 Å². The maximum Gasteiger partial charge on any atom is 0.312 e. The van der Waals surface area contributed by atoms with Crippen LogP contribution in [-0.4, -0.2) is 29.3 Å². The zero-order valence-corrected chi connectivity index (χ0v) is 17.2. The smallest absolute Gasteiger partial charge is 0.312 e. The maximum atomic E-state index is 12.8. The van der Waals surface area contributed by atoms with Crippen LogP contribution in [-0.2, 0) is 22.4 Å². The summed E-state index contributed by atoms with van der Waals surface area (Å²) in [5, 5.41) is 11.0. The van der Waals surface area contributed by atoms with Gasteiger partial charge in [-0.25, -0.2) is 0 Å². The Labute approximate surface area is 168 Å². The summed E-state index contributed by atoms with van der Waals surface area (Å²) in [5.74, 6) is -0.885. The van der Waals surface area contributed by atoms with Crippen molar-refractivity contribution < 1.29 is 14.6 Å². The van der Waals surface area contributed by atoms with Gasteiger partial charge in [-0.05, 0) is 63.6 Å². The van der Waals surface area contributed by atoms with Gasteiger partial charge in [0, 0.05) is 0 Å². The Morgan fingerprint density at radius 2 is 1.46 bits per heavy atom. The van der Waals surface area contributed by atoms with E-state index in [0.717, 1.165) is 12.0 Å². The van der Waals surface area contributed by atoms with Crippen molar-refractivity contribution in [2.24, 2.45) is 17.6 Å². The third-order valence-electron chi connectivity index (χ3n) is 4.75. The molecule has 0 saturated heterocycles. The van der Waals surface area contributed by atoms with Gasteiger partial charge >= 0.3 is 5.97 Å². The maximum absolute atomic E-state index is 12.8. The van der Waals surface area contributed by atoms with Gasteiger partial charge in [0.2, 0.25) is 0 Å². The first-order chi connectivity index (χ1) is 13.3. The molecule has 0 aromatic heterocycles. The fraction of sp³-hybridized carbons (Fsp3) is 0.458. The van der Waals surface area contributed by atoms with E-state index >= 15 is 0 Å². The lowest BCUT2D eigenvalue weighted by Gasteiger charge is -2.28. The van der Waals surface area contributed by atoms with Gasteiger partial charge in [-0.3, -0.25) is 4.79 Å². The number of carbonyl (C=O) groups excluding carboxylic acids is 1. The molecule has 28 heavy (non-hydrogen) atoms. The molecule has 152 valence electrons. The number of carbonyl (C=O) groups is 1. The number of rotatable bonds is 9. The van der Waals surface area contributed by atoms with E-state index in [1.165, 1.54) is 5.56 Å². The van der Waals surface area contributed by atoms with Crippen LogP contribution in [0.2, 0.25) is 0 Å². The minimum atomic E-state index is -0.813.